The average molecular weight is 390 g/mol. The minimum absolute atomic E-state index is 0.0266. The Morgan fingerprint density at radius 3 is 2.50 bits per heavy atom. The van der Waals surface area contributed by atoms with Crippen molar-refractivity contribution in [3.05, 3.63) is 47.5 Å². The minimum Gasteiger partial charge on any atom is -0.354 e. The maximum Gasteiger partial charge on any atom is 0.244 e. The number of terminal acetylenes is 1. The summed E-state index contributed by atoms with van der Waals surface area (Å²) in [6.45, 7) is 4.54. The van der Waals surface area contributed by atoms with Crippen molar-refractivity contribution in [2.45, 2.75) is 52.0 Å². The first-order chi connectivity index (χ1) is 13.3. The van der Waals surface area contributed by atoms with Gasteiger partial charge in [0.1, 0.15) is 17.7 Å². The SMILES string of the molecule is C#CCCCNC(=O)C(Cc1cc(F)cc(F)c1)NC(=O)/C=C/CCC(C)C. The second kappa shape index (κ2) is 12.7. The molecule has 1 atom stereocenters. The van der Waals surface area contributed by atoms with E-state index in [1.807, 2.05) is 0 Å². The van der Waals surface area contributed by atoms with Crippen LogP contribution >= 0.6 is 0 Å². The number of rotatable bonds is 11. The Bertz CT molecular complexity index is 703. The van der Waals surface area contributed by atoms with Crippen molar-refractivity contribution in [3.8, 4) is 12.3 Å². The van der Waals surface area contributed by atoms with E-state index in [-0.39, 0.29) is 12.0 Å². The Morgan fingerprint density at radius 1 is 1.21 bits per heavy atom. The molecule has 0 aliphatic heterocycles. The standard InChI is InChI=1S/C22H28F2N2O2/c1-4-5-8-11-25-22(28)20(14-17-12-18(23)15-19(24)13-17)26-21(27)10-7-6-9-16(2)3/h1,7,10,12-13,15-16,20H,5-6,8-9,11,14H2,2-3H3,(H,25,28)(H,26,27)/b10-7+. The molecule has 2 amide bonds. The first-order valence-corrected chi connectivity index (χ1v) is 9.45. The van der Waals surface area contributed by atoms with Crippen LogP contribution in [-0.2, 0) is 16.0 Å². The third-order valence-corrected chi connectivity index (χ3v) is 3.97. The van der Waals surface area contributed by atoms with Gasteiger partial charge in [0.15, 0.2) is 0 Å². The van der Waals surface area contributed by atoms with Gasteiger partial charge in [-0.3, -0.25) is 9.59 Å². The van der Waals surface area contributed by atoms with Crippen molar-refractivity contribution >= 4 is 11.8 Å². The van der Waals surface area contributed by atoms with Gasteiger partial charge in [0.25, 0.3) is 0 Å². The lowest BCUT2D eigenvalue weighted by Gasteiger charge is -2.18. The number of benzene rings is 1. The van der Waals surface area contributed by atoms with Crippen LogP contribution in [-0.4, -0.2) is 24.4 Å². The Morgan fingerprint density at radius 2 is 1.89 bits per heavy atom. The highest BCUT2D eigenvalue weighted by molar-refractivity contribution is 5.93. The van der Waals surface area contributed by atoms with Crippen LogP contribution < -0.4 is 10.6 Å². The Kier molecular flexibility index (Phi) is 10.6. The van der Waals surface area contributed by atoms with Gasteiger partial charge >= 0.3 is 0 Å². The molecule has 0 saturated carbocycles. The summed E-state index contributed by atoms with van der Waals surface area (Å²) in [6, 6.07) is 2.10. The zero-order chi connectivity index (χ0) is 20.9. The molecule has 0 heterocycles. The fourth-order valence-electron chi connectivity index (χ4n) is 2.54. The molecule has 1 rings (SSSR count). The molecule has 0 saturated heterocycles. The lowest BCUT2D eigenvalue weighted by atomic mass is 10.0. The van der Waals surface area contributed by atoms with Crippen LogP contribution in [0.2, 0.25) is 0 Å². The molecule has 0 bridgehead atoms. The van der Waals surface area contributed by atoms with Crippen LogP contribution in [0.25, 0.3) is 0 Å². The monoisotopic (exact) mass is 390 g/mol. The fourth-order valence-corrected chi connectivity index (χ4v) is 2.54. The van der Waals surface area contributed by atoms with E-state index in [4.69, 9.17) is 6.42 Å². The molecule has 0 aliphatic rings. The van der Waals surface area contributed by atoms with E-state index in [2.05, 4.69) is 30.4 Å². The number of amides is 2. The van der Waals surface area contributed by atoms with Crippen molar-refractivity contribution in [2.24, 2.45) is 5.92 Å². The summed E-state index contributed by atoms with van der Waals surface area (Å²) < 4.78 is 26.9. The zero-order valence-electron chi connectivity index (χ0n) is 16.4. The molecule has 6 heteroatoms. The van der Waals surface area contributed by atoms with E-state index >= 15 is 0 Å². The molecule has 152 valence electrons. The zero-order valence-corrected chi connectivity index (χ0v) is 16.4. The molecule has 2 N–H and O–H groups in total. The lowest BCUT2D eigenvalue weighted by molar-refractivity contribution is -0.127. The van der Waals surface area contributed by atoms with Crippen LogP contribution in [0.1, 0.15) is 45.1 Å². The van der Waals surface area contributed by atoms with Gasteiger partial charge in [0.05, 0.1) is 0 Å². The molecule has 0 aromatic heterocycles. The summed E-state index contributed by atoms with van der Waals surface area (Å²) in [5.41, 5.74) is 0.283. The second-order valence-corrected chi connectivity index (χ2v) is 7.02. The maximum atomic E-state index is 13.4. The van der Waals surface area contributed by atoms with E-state index < -0.39 is 29.5 Å². The molecule has 28 heavy (non-hydrogen) atoms. The van der Waals surface area contributed by atoms with Crippen LogP contribution in [0.4, 0.5) is 8.78 Å². The van der Waals surface area contributed by atoms with E-state index in [1.54, 1.807) is 6.08 Å². The molecular formula is C22H28F2N2O2. The topological polar surface area (TPSA) is 58.2 Å². The predicted octanol–water partition coefficient (Wildman–Crippen LogP) is 3.51. The molecule has 0 fully saturated rings. The van der Waals surface area contributed by atoms with Crippen molar-refractivity contribution in [1.82, 2.24) is 10.6 Å². The van der Waals surface area contributed by atoms with Gasteiger partial charge in [-0.25, -0.2) is 8.78 Å². The molecule has 1 unspecified atom stereocenters. The second-order valence-electron chi connectivity index (χ2n) is 7.02. The normalized spacial score (nSPS) is 12.0. The van der Waals surface area contributed by atoms with Gasteiger partial charge in [-0.05, 0) is 49.0 Å². The van der Waals surface area contributed by atoms with E-state index in [0.29, 0.717) is 25.3 Å². The average Bonchev–Trinajstić information content (AvgIpc) is 2.60. The Labute approximate surface area is 165 Å². The highest BCUT2D eigenvalue weighted by Gasteiger charge is 2.20. The summed E-state index contributed by atoms with van der Waals surface area (Å²) in [5.74, 6) is 0.685. The van der Waals surface area contributed by atoms with Crippen molar-refractivity contribution in [1.29, 1.82) is 0 Å². The highest BCUT2D eigenvalue weighted by atomic mass is 19.1. The number of carbonyl (C=O) groups is 2. The van der Waals surface area contributed by atoms with Gasteiger partial charge < -0.3 is 10.6 Å². The molecular weight excluding hydrogens is 362 g/mol. The van der Waals surface area contributed by atoms with Crippen LogP contribution in [0, 0.1) is 29.9 Å². The number of carbonyl (C=O) groups excluding carboxylic acids is 2. The largest absolute Gasteiger partial charge is 0.354 e. The third kappa shape index (κ3) is 9.86. The maximum absolute atomic E-state index is 13.4. The number of hydrogen-bond acceptors (Lipinski definition) is 2. The van der Waals surface area contributed by atoms with Gasteiger partial charge in [-0.1, -0.05) is 19.9 Å². The highest BCUT2D eigenvalue weighted by Crippen LogP contribution is 2.11. The molecule has 1 aromatic rings. The summed E-state index contributed by atoms with van der Waals surface area (Å²) in [4.78, 5) is 24.6. The smallest absolute Gasteiger partial charge is 0.244 e. The summed E-state index contributed by atoms with van der Waals surface area (Å²) in [6.07, 6.45) is 11.1. The number of allylic oxidation sites excluding steroid dienone is 1. The van der Waals surface area contributed by atoms with Crippen LogP contribution in [0.5, 0.6) is 0 Å². The third-order valence-electron chi connectivity index (χ3n) is 3.97. The van der Waals surface area contributed by atoms with Crippen LogP contribution in [0.15, 0.2) is 30.4 Å². The number of unbranched alkanes of at least 4 members (excludes halogenated alkanes) is 1. The molecule has 1 aromatic carbocycles. The van der Waals surface area contributed by atoms with Crippen LogP contribution in [0.3, 0.4) is 0 Å². The van der Waals surface area contributed by atoms with Gasteiger partial charge in [0, 0.05) is 25.5 Å². The summed E-state index contributed by atoms with van der Waals surface area (Å²) >= 11 is 0. The minimum atomic E-state index is -0.950. The van der Waals surface area contributed by atoms with E-state index in [0.717, 1.165) is 31.0 Å². The quantitative estimate of drug-likeness (QED) is 0.345. The first-order valence-electron chi connectivity index (χ1n) is 9.45. The number of nitrogens with one attached hydrogen (secondary N) is 2. The Balaban J connectivity index is 2.77. The van der Waals surface area contributed by atoms with Gasteiger partial charge in [-0.15, -0.1) is 12.3 Å². The number of halogens is 2. The van der Waals surface area contributed by atoms with E-state index in [1.165, 1.54) is 6.08 Å². The summed E-state index contributed by atoms with van der Waals surface area (Å²) in [7, 11) is 0. The molecule has 0 spiro atoms. The first kappa shape index (κ1) is 23.4. The van der Waals surface area contributed by atoms with E-state index in [9.17, 15) is 18.4 Å². The van der Waals surface area contributed by atoms with Gasteiger partial charge in [0.2, 0.25) is 11.8 Å². The number of hydrogen-bond donors (Lipinski definition) is 2. The fraction of sp³-hybridized carbons (Fsp3) is 0.455. The predicted molar refractivity (Wildman–Crippen MR) is 106 cm³/mol. The van der Waals surface area contributed by atoms with Crippen molar-refractivity contribution < 1.29 is 18.4 Å². The van der Waals surface area contributed by atoms with Crippen molar-refractivity contribution in [3.63, 3.8) is 0 Å². The lowest BCUT2D eigenvalue weighted by Crippen LogP contribution is -2.47. The Hall–Kier alpha value is -2.68. The van der Waals surface area contributed by atoms with Crippen molar-refractivity contribution in [2.75, 3.05) is 6.54 Å². The molecule has 0 aliphatic carbocycles. The molecule has 4 nitrogen and oxygen atoms in total. The summed E-state index contributed by atoms with van der Waals surface area (Å²) in [5, 5.41) is 5.30. The van der Waals surface area contributed by atoms with Gasteiger partial charge in [-0.2, -0.15) is 0 Å². The molecule has 0 radical (unpaired) electrons.